The van der Waals surface area contributed by atoms with Crippen molar-refractivity contribution in [1.82, 2.24) is 19.9 Å². The number of hydrogen-bond donors (Lipinski definition) is 1. The lowest BCUT2D eigenvalue weighted by atomic mass is 10.1. The van der Waals surface area contributed by atoms with Crippen LogP contribution >= 0.6 is 11.6 Å². The molecule has 5 rings (SSSR count). The smallest absolute Gasteiger partial charge is 0.150 e. The number of nitrogens with one attached hydrogen (secondary N) is 1. The number of fused-ring (bicyclic) bond motifs is 1. The molecule has 0 spiro atoms. The minimum Gasteiger partial charge on any atom is -0.351 e. The maximum absolute atomic E-state index is 6.08. The summed E-state index contributed by atoms with van der Waals surface area (Å²) in [6, 6.07) is 8.38. The topological polar surface area (TPSA) is 46.0 Å². The van der Waals surface area contributed by atoms with E-state index in [4.69, 9.17) is 16.6 Å². The fraction of sp³-hybridized carbons (Fsp3) is 0.400. The van der Waals surface area contributed by atoms with E-state index in [2.05, 4.69) is 32.9 Å². The van der Waals surface area contributed by atoms with Crippen LogP contribution in [0.2, 0.25) is 5.02 Å². The number of piperazine rings is 1. The van der Waals surface area contributed by atoms with Crippen molar-refractivity contribution in [3.8, 4) is 5.69 Å². The molecule has 0 radical (unpaired) electrons. The van der Waals surface area contributed by atoms with Gasteiger partial charge < -0.3 is 14.8 Å². The Kier molecular flexibility index (Phi) is 3.87. The minimum absolute atomic E-state index is 0.424. The van der Waals surface area contributed by atoms with Gasteiger partial charge in [0.1, 0.15) is 17.8 Å². The van der Waals surface area contributed by atoms with E-state index >= 15 is 0 Å². The summed E-state index contributed by atoms with van der Waals surface area (Å²) in [6.45, 7) is 5.21. The summed E-state index contributed by atoms with van der Waals surface area (Å²) >= 11 is 6.08. The highest BCUT2D eigenvalue weighted by atomic mass is 35.5. The first-order valence-corrected chi connectivity index (χ1v) is 9.69. The number of halogens is 1. The van der Waals surface area contributed by atoms with Crippen molar-refractivity contribution in [1.29, 1.82) is 0 Å². The summed E-state index contributed by atoms with van der Waals surface area (Å²) in [6.07, 6.45) is 6.47. The van der Waals surface area contributed by atoms with E-state index in [9.17, 15) is 0 Å². The second-order valence-electron chi connectivity index (χ2n) is 7.35. The Morgan fingerprint density at radius 2 is 1.96 bits per heavy atom. The Morgan fingerprint density at radius 3 is 2.69 bits per heavy atom. The highest BCUT2D eigenvalue weighted by Crippen LogP contribution is 2.46. The molecule has 2 aromatic heterocycles. The summed E-state index contributed by atoms with van der Waals surface area (Å²) in [5, 5.41) is 5.43. The molecule has 3 heterocycles. The zero-order chi connectivity index (χ0) is 17.7. The second-order valence-corrected chi connectivity index (χ2v) is 7.78. The molecule has 2 aliphatic rings. The lowest BCUT2D eigenvalue weighted by Gasteiger charge is -2.35. The van der Waals surface area contributed by atoms with E-state index in [0.29, 0.717) is 12.0 Å². The summed E-state index contributed by atoms with van der Waals surface area (Å²) in [5.41, 5.74) is 3.46. The van der Waals surface area contributed by atoms with Gasteiger partial charge in [-0.05, 0) is 55.5 Å². The number of anilines is 1. The summed E-state index contributed by atoms with van der Waals surface area (Å²) < 4.78 is 2.19. The van der Waals surface area contributed by atoms with Crippen molar-refractivity contribution in [2.75, 3.05) is 24.5 Å². The van der Waals surface area contributed by atoms with E-state index in [1.54, 1.807) is 6.33 Å². The Balaban J connectivity index is 1.71. The van der Waals surface area contributed by atoms with Crippen LogP contribution in [0.4, 0.5) is 5.82 Å². The van der Waals surface area contributed by atoms with Crippen LogP contribution in [0.15, 0.2) is 36.8 Å². The van der Waals surface area contributed by atoms with E-state index in [1.165, 1.54) is 23.8 Å². The molecule has 1 saturated heterocycles. The van der Waals surface area contributed by atoms with Gasteiger partial charge in [-0.1, -0.05) is 11.6 Å². The van der Waals surface area contributed by atoms with Crippen LogP contribution in [0, 0.1) is 0 Å². The Labute approximate surface area is 158 Å². The molecule has 2 fully saturated rings. The van der Waals surface area contributed by atoms with Gasteiger partial charge >= 0.3 is 0 Å². The maximum atomic E-state index is 6.08. The van der Waals surface area contributed by atoms with E-state index in [0.717, 1.165) is 41.8 Å². The van der Waals surface area contributed by atoms with Crippen molar-refractivity contribution in [2.24, 2.45) is 0 Å². The lowest BCUT2D eigenvalue weighted by molar-refractivity contribution is 0.498. The molecule has 1 aliphatic heterocycles. The molecular formula is C20H22ClN5. The van der Waals surface area contributed by atoms with Crippen molar-refractivity contribution in [3.63, 3.8) is 0 Å². The number of benzene rings is 1. The Bertz CT molecular complexity index is 945. The van der Waals surface area contributed by atoms with E-state index in [-0.39, 0.29) is 0 Å². The van der Waals surface area contributed by atoms with Gasteiger partial charge in [-0.3, -0.25) is 0 Å². The molecule has 1 aromatic carbocycles. The molecule has 1 saturated carbocycles. The molecule has 1 aliphatic carbocycles. The molecule has 5 nitrogen and oxygen atoms in total. The number of aromatic nitrogens is 3. The van der Waals surface area contributed by atoms with Crippen molar-refractivity contribution >= 4 is 28.5 Å². The molecular weight excluding hydrogens is 346 g/mol. The van der Waals surface area contributed by atoms with Crippen LogP contribution in [-0.4, -0.2) is 40.2 Å². The maximum Gasteiger partial charge on any atom is 0.150 e. The molecule has 1 N–H and O–H groups in total. The average molecular weight is 368 g/mol. The zero-order valence-corrected chi connectivity index (χ0v) is 15.6. The SMILES string of the molecule is C[C@H]1CNCCN1c1ncnc2c1c(C1CC1)cn2-c1ccc(Cl)cc1. The van der Waals surface area contributed by atoms with Gasteiger partial charge in [0.25, 0.3) is 0 Å². The third-order valence-corrected chi connectivity index (χ3v) is 5.74. The fourth-order valence-corrected chi connectivity index (χ4v) is 4.07. The highest BCUT2D eigenvalue weighted by molar-refractivity contribution is 6.30. The zero-order valence-electron chi connectivity index (χ0n) is 14.8. The van der Waals surface area contributed by atoms with Gasteiger partial charge in [-0.15, -0.1) is 0 Å². The quantitative estimate of drug-likeness (QED) is 0.765. The predicted octanol–water partition coefficient (Wildman–Crippen LogP) is 3.75. The fourth-order valence-electron chi connectivity index (χ4n) is 3.95. The Hall–Kier alpha value is -2.11. The molecule has 6 heteroatoms. The second kappa shape index (κ2) is 6.25. The molecule has 0 bridgehead atoms. The van der Waals surface area contributed by atoms with E-state index < -0.39 is 0 Å². The number of hydrogen-bond acceptors (Lipinski definition) is 4. The van der Waals surface area contributed by atoms with Gasteiger partial charge in [-0.25, -0.2) is 9.97 Å². The molecule has 1 atom stereocenters. The van der Waals surface area contributed by atoms with Crippen LogP contribution in [0.3, 0.4) is 0 Å². The third kappa shape index (κ3) is 2.66. The standard InChI is InChI=1S/C20H22ClN5/c1-13-10-22-8-9-25(13)19-18-17(14-2-3-14)11-26(20(18)24-12-23-19)16-6-4-15(21)5-7-16/h4-7,11-14,22H,2-3,8-10H2,1H3/t13-/m0/s1. The molecule has 134 valence electrons. The van der Waals surface area contributed by atoms with Gasteiger partial charge in [0.2, 0.25) is 0 Å². The van der Waals surface area contributed by atoms with Crippen LogP contribution in [-0.2, 0) is 0 Å². The minimum atomic E-state index is 0.424. The average Bonchev–Trinajstić information content (AvgIpc) is 3.43. The van der Waals surface area contributed by atoms with Gasteiger partial charge in [0, 0.05) is 42.6 Å². The summed E-state index contributed by atoms with van der Waals surface area (Å²) in [4.78, 5) is 11.8. The first kappa shape index (κ1) is 16.1. The summed E-state index contributed by atoms with van der Waals surface area (Å²) in [7, 11) is 0. The first-order chi connectivity index (χ1) is 12.7. The first-order valence-electron chi connectivity index (χ1n) is 9.31. The molecule has 3 aromatic rings. The third-order valence-electron chi connectivity index (χ3n) is 5.49. The molecule has 26 heavy (non-hydrogen) atoms. The number of rotatable bonds is 3. The largest absolute Gasteiger partial charge is 0.351 e. The summed E-state index contributed by atoms with van der Waals surface area (Å²) in [5.74, 6) is 1.72. The van der Waals surface area contributed by atoms with Gasteiger partial charge in [0.05, 0.1) is 5.39 Å². The van der Waals surface area contributed by atoms with Crippen LogP contribution in [0.5, 0.6) is 0 Å². The Morgan fingerprint density at radius 1 is 1.15 bits per heavy atom. The van der Waals surface area contributed by atoms with Crippen molar-refractivity contribution in [3.05, 3.63) is 47.4 Å². The molecule has 0 amide bonds. The van der Waals surface area contributed by atoms with Crippen molar-refractivity contribution in [2.45, 2.75) is 31.7 Å². The highest BCUT2D eigenvalue weighted by Gasteiger charge is 2.31. The lowest BCUT2D eigenvalue weighted by Crippen LogP contribution is -2.50. The number of nitrogens with zero attached hydrogens (tertiary/aromatic N) is 4. The monoisotopic (exact) mass is 367 g/mol. The predicted molar refractivity (Wildman–Crippen MR) is 106 cm³/mol. The van der Waals surface area contributed by atoms with Crippen molar-refractivity contribution < 1.29 is 0 Å². The van der Waals surface area contributed by atoms with Crippen LogP contribution in [0.1, 0.15) is 31.2 Å². The van der Waals surface area contributed by atoms with E-state index in [1.807, 2.05) is 24.3 Å². The van der Waals surface area contributed by atoms with Crippen LogP contribution < -0.4 is 10.2 Å². The normalized spacial score (nSPS) is 20.7. The molecule has 0 unspecified atom stereocenters. The van der Waals surface area contributed by atoms with Gasteiger partial charge in [0.15, 0.2) is 0 Å². The van der Waals surface area contributed by atoms with Crippen LogP contribution in [0.25, 0.3) is 16.7 Å². The van der Waals surface area contributed by atoms with Gasteiger partial charge in [-0.2, -0.15) is 0 Å².